The van der Waals surface area contributed by atoms with Crippen LogP contribution in [0.15, 0.2) is 0 Å². The smallest absolute Gasteiger partial charge is 0.0233 e. The van der Waals surface area contributed by atoms with E-state index in [-0.39, 0.29) is 0 Å². The van der Waals surface area contributed by atoms with Crippen LogP contribution in [0.3, 0.4) is 0 Å². The average Bonchev–Trinajstić information content (AvgIpc) is 1.82. The first kappa shape index (κ1) is 8.92. The summed E-state index contributed by atoms with van der Waals surface area (Å²) in [6.45, 7) is 6.53. The first-order valence-electron chi connectivity index (χ1n) is 3.68. The molecule has 0 aliphatic heterocycles. The minimum absolute atomic E-state index is 0.495. The summed E-state index contributed by atoms with van der Waals surface area (Å²) >= 11 is 0. The summed E-state index contributed by atoms with van der Waals surface area (Å²) in [7, 11) is 0. The Hall–Kier alpha value is -0.0800. The van der Waals surface area contributed by atoms with Crippen LogP contribution in [0, 0.1) is 5.92 Å². The van der Waals surface area contributed by atoms with Crippen molar-refractivity contribution in [1.29, 1.82) is 0 Å². The van der Waals surface area contributed by atoms with E-state index in [1.165, 1.54) is 12.8 Å². The molecule has 56 valence electrons. The van der Waals surface area contributed by atoms with Crippen LogP contribution in [0.4, 0.5) is 0 Å². The summed E-state index contributed by atoms with van der Waals surface area (Å²) in [4.78, 5) is 0. The maximum atomic E-state index is 5.31. The number of hydrogen-bond acceptors (Lipinski definition) is 2. The van der Waals surface area contributed by atoms with E-state index in [9.17, 15) is 0 Å². The van der Waals surface area contributed by atoms with E-state index in [2.05, 4.69) is 26.2 Å². The van der Waals surface area contributed by atoms with Gasteiger partial charge in [-0.05, 0) is 12.3 Å². The maximum Gasteiger partial charge on any atom is 0.0233 e. The van der Waals surface area contributed by atoms with Gasteiger partial charge in [0.05, 0.1) is 0 Å². The van der Waals surface area contributed by atoms with Crippen molar-refractivity contribution in [1.82, 2.24) is 5.43 Å². The zero-order chi connectivity index (χ0) is 7.28. The fourth-order valence-corrected chi connectivity index (χ4v) is 0.920. The quantitative estimate of drug-likeness (QED) is 0.444. The molecule has 0 radical (unpaired) electrons. The van der Waals surface area contributed by atoms with Crippen LogP contribution < -0.4 is 11.3 Å². The second-order valence-electron chi connectivity index (χ2n) is 2.81. The third kappa shape index (κ3) is 3.49. The van der Waals surface area contributed by atoms with Gasteiger partial charge in [-0.2, -0.15) is 0 Å². The molecule has 0 heterocycles. The highest BCUT2D eigenvalue weighted by atomic mass is 15.2. The summed E-state index contributed by atoms with van der Waals surface area (Å²) in [6, 6.07) is 0.495. The number of hydrazine groups is 1. The minimum atomic E-state index is 0.495. The van der Waals surface area contributed by atoms with Gasteiger partial charge in [-0.3, -0.25) is 11.3 Å². The van der Waals surface area contributed by atoms with E-state index in [0.717, 1.165) is 0 Å². The molecule has 0 aliphatic carbocycles. The van der Waals surface area contributed by atoms with Crippen molar-refractivity contribution in [2.45, 2.75) is 39.7 Å². The van der Waals surface area contributed by atoms with Gasteiger partial charge in [0.1, 0.15) is 0 Å². The van der Waals surface area contributed by atoms with E-state index in [4.69, 9.17) is 5.84 Å². The second-order valence-corrected chi connectivity index (χ2v) is 2.81. The largest absolute Gasteiger partial charge is 0.271 e. The molecule has 0 aromatic rings. The number of nitrogens with two attached hydrogens (primary N) is 1. The van der Waals surface area contributed by atoms with Crippen LogP contribution in [-0.4, -0.2) is 6.04 Å². The van der Waals surface area contributed by atoms with Crippen LogP contribution in [0.1, 0.15) is 33.6 Å². The Bertz CT molecular complexity index is 61.9. The Kier molecular flexibility index (Phi) is 4.72. The average molecular weight is 130 g/mol. The molecule has 0 aliphatic rings. The third-order valence-corrected chi connectivity index (χ3v) is 1.62. The fraction of sp³-hybridized carbons (Fsp3) is 1.00. The molecular formula is C7H18N2. The van der Waals surface area contributed by atoms with Crippen molar-refractivity contribution in [3.63, 3.8) is 0 Å². The van der Waals surface area contributed by atoms with E-state index in [1.807, 2.05) is 0 Å². The van der Waals surface area contributed by atoms with Gasteiger partial charge in [0.15, 0.2) is 0 Å². The van der Waals surface area contributed by atoms with E-state index in [0.29, 0.717) is 12.0 Å². The summed E-state index contributed by atoms with van der Waals surface area (Å²) in [5, 5.41) is 0. The lowest BCUT2D eigenvalue weighted by molar-refractivity contribution is 0.381. The maximum absolute atomic E-state index is 5.31. The van der Waals surface area contributed by atoms with Crippen molar-refractivity contribution < 1.29 is 0 Å². The number of rotatable bonds is 4. The van der Waals surface area contributed by atoms with Crippen molar-refractivity contribution >= 4 is 0 Å². The molecule has 0 unspecified atom stereocenters. The van der Waals surface area contributed by atoms with Crippen molar-refractivity contribution in [2.75, 3.05) is 0 Å². The lowest BCUT2D eigenvalue weighted by Crippen LogP contribution is -2.38. The molecule has 2 nitrogen and oxygen atoms in total. The molecule has 0 saturated heterocycles. The first-order chi connectivity index (χ1) is 4.22. The molecule has 9 heavy (non-hydrogen) atoms. The highest BCUT2D eigenvalue weighted by Crippen LogP contribution is 2.05. The predicted octanol–water partition coefficient (Wildman–Crippen LogP) is 1.27. The Morgan fingerprint density at radius 2 is 2.00 bits per heavy atom. The van der Waals surface area contributed by atoms with Crippen LogP contribution in [-0.2, 0) is 0 Å². The Morgan fingerprint density at radius 1 is 1.44 bits per heavy atom. The van der Waals surface area contributed by atoms with Crippen LogP contribution in [0.25, 0.3) is 0 Å². The molecular weight excluding hydrogens is 112 g/mol. The van der Waals surface area contributed by atoms with Gasteiger partial charge < -0.3 is 0 Å². The van der Waals surface area contributed by atoms with E-state index < -0.39 is 0 Å². The Balaban J connectivity index is 3.41. The van der Waals surface area contributed by atoms with Crippen molar-refractivity contribution in [3.8, 4) is 0 Å². The van der Waals surface area contributed by atoms with Gasteiger partial charge in [0.25, 0.3) is 0 Å². The normalized spacial score (nSPS) is 14.3. The topological polar surface area (TPSA) is 38.0 Å². The molecule has 0 rings (SSSR count). The second kappa shape index (κ2) is 4.77. The Morgan fingerprint density at radius 3 is 2.11 bits per heavy atom. The summed E-state index contributed by atoms with van der Waals surface area (Å²) in [5.74, 6) is 5.96. The molecule has 0 amide bonds. The van der Waals surface area contributed by atoms with E-state index in [1.54, 1.807) is 0 Å². The zero-order valence-electron chi connectivity index (χ0n) is 6.65. The zero-order valence-corrected chi connectivity index (χ0v) is 6.65. The molecule has 2 heteroatoms. The lowest BCUT2D eigenvalue weighted by atomic mass is 10.0. The minimum Gasteiger partial charge on any atom is -0.271 e. The van der Waals surface area contributed by atoms with Gasteiger partial charge in [-0.1, -0.05) is 27.2 Å². The van der Waals surface area contributed by atoms with Gasteiger partial charge in [-0.25, -0.2) is 0 Å². The summed E-state index contributed by atoms with van der Waals surface area (Å²) in [6.07, 6.45) is 2.38. The highest BCUT2D eigenvalue weighted by Gasteiger charge is 2.08. The van der Waals surface area contributed by atoms with Gasteiger partial charge in [-0.15, -0.1) is 0 Å². The lowest BCUT2D eigenvalue weighted by Gasteiger charge is -2.18. The molecule has 0 saturated carbocycles. The molecule has 1 atom stereocenters. The number of nitrogens with one attached hydrogen (secondary N) is 1. The van der Waals surface area contributed by atoms with Crippen LogP contribution in [0.2, 0.25) is 0 Å². The summed E-state index contributed by atoms with van der Waals surface area (Å²) < 4.78 is 0. The van der Waals surface area contributed by atoms with Gasteiger partial charge in [0.2, 0.25) is 0 Å². The van der Waals surface area contributed by atoms with Crippen molar-refractivity contribution in [3.05, 3.63) is 0 Å². The Labute approximate surface area is 57.8 Å². The molecule has 0 aromatic heterocycles. The molecule has 3 N–H and O–H groups in total. The van der Waals surface area contributed by atoms with E-state index >= 15 is 0 Å². The fourth-order valence-electron chi connectivity index (χ4n) is 0.920. The molecule has 0 aromatic carbocycles. The van der Waals surface area contributed by atoms with Gasteiger partial charge in [0, 0.05) is 6.04 Å². The number of hydrogen-bond donors (Lipinski definition) is 2. The molecule has 0 bridgehead atoms. The first-order valence-corrected chi connectivity index (χ1v) is 3.68. The monoisotopic (exact) mass is 130 g/mol. The van der Waals surface area contributed by atoms with Crippen LogP contribution in [0.5, 0.6) is 0 Å². The van der Waals surface area contributed by atoms with Crippen molar-refractivity contribution in [2.24, 2.45) is 11.8 Å². The predicted molar refractivity (Wildman–Crippen MR) is 40.9 cm³/mol. The highest BCUT2D eigenvalue weighted by molar-refractivity contribution is 4.65. The molecule has 0 fully saturated rings. The SMILES string of the molecule is CCC[C@@H](NN)C(C)C. The summed E-state index contributed by atoms with van der Waals surface area (Å²) in [5.41, 5.74) is 2.80. The molecule has 0 spiro atoms. The third-order valence-electron chi connectivity index (χ3n) is 1.62. The van der Waals surface area contributed by atoms with Crippen LogP contribution >= 0.6 is 0 Å². The van der Waals surface area contributed by atoms with Gasteiger partial charge >= 0.3 is 0 Å². The standard InChI is InChI=1S/C7H18N2/c1-4-5-7(9-8)6(2)3/h6-7,9H,4-5,8H2,1-3H3/t7-/m1/s1.